The number of benzene rings is 1. The molecule has 0 aliphatic carbocycles. The van der Waals surface area contributed by atoms with E-state index < -0.39 is 10.0 Å². The Labute approximate surface area is 145 Å². The van der Waals surface area contributed by atoms with E-state index in [2.05, 4.69) is 31.3 Å². The Morgan fingerprint density at radius 3 is 2.64 bits per heavy atom. The molecule has 2 rings (SSSR count). The van der Waals surface area contributed by atoms with Crippen molar-refractivity contribution in [2.45, 2.75) is 31.2 Å². The Balaban J connectivity index is 0.00000242. The van der Waals surface area contributed by atoms with Gasteiger partial charge in [0.25, 0.3) is 0 Å². The third-order valence-electron chi connectivity index (χ3n) is 3.25. The Morgan fingerprint density at radius 1 is 1.41 bits per heavy atom. The van der Waals surface area contributed by atoms with Gasteiger partial charge in [0.15, 0.2) is 0 Å². The van der Waals surface area contributed by atoms with Gasteiger partial charge < -0.3 is 10.6 Å². The molecule has 1 fully saturated rings. The normalized spacial score (nSPS) is 17.9. The summed E-state index contributed by atoms with van der Waals surface area (Å²) in [5, 5.41) is 5.77. The van der Waals surface area contributed by atoms with E-state index in [1.165, 1.54) is 13.0 Å². The van der Waals surface area contributed by atoms with Gasteiger partial charge in [-0.3, -0.25) is 4.79 Å². The Bertz CT molecular complexity index is 661. The molecule has 6 nitrogen and oxygen atoms in total. The molecule has 1 saturated heterocycles. The van der Waals surface area contributed by atoms with Gasteiger partial charge in [0.2, 0.25) is 15.9 Å². The maximum atomic E-state index is 12.4. The lowest BCUT2D eigenvalue weighted by atomic mass is 10.2. The van der Waals surface area contributed by atoms with Crippen LogP contribution in [-0.4, -0.2) is 33.5 Å². The van der Waals surface area contributed by atoms with E-state index in [-0.39, 0.29) is 29.3 Å². The van der Waals surface area contributed by atoms with Crippen LogP contribution in [0.15, 0.2) is 21.5 Å². The molecule has 1 aliphatic rings. The first-order valence-electron chi connectivity index (χ1n) is 6.60. The van der Waals surface area contributed by atoms with Crippen molar-refractivity contribution in [3.63, 3.8) is 0 Å². The SMILES string of the molecule is CC(=O)Nc1cc(C)c(S(=O)(=O)NC2CCNC2)cc1Br.Cl. The van der Waals surface area contributed by atoms with Crippen molar-refractivity contribution in [3.05, 3.63) is 22.2 Å². The van der Waals surface area contributed by atoms with Crippen molar-refractivity contribution < 1.29 is 13.2 Å². The van der Waals surface area contributed by atoms with E-state index in [0.717, 1.165) is 13.0 Å². The van der Waals surface area contributed by atoms with Crippen LogP contribution in [0.1, 0.15) is 18.9 Å². The molecule has 1 aromatic carbocycles. The van der Waals surface area contributed by atoms with Crippen LogP contribution in [0.5, 0.6) is 0 Å². The second-order valence-corrected chi connectivity index (χ2v) is 7.63. The molecule has 1 unspecified atom stereocenters. The largest absolute Gasteiger partial charge is 0.325 e. The summed E-state index contributed by atoms with van der Waals surface area (Å²) in [5.74, 6) is -0.208. The van der Waals surface area contributed by atoms with E-state index in [9.17, 15) is 13.2 Å². The van der Waals surface area contributed by atoms with Gasteiger partial charge in [-0.15, -0.1) is 12.4 Å². The fourth-order valence-corrected chi connectivity index (χ4v) is 4.39. The second-order valence-electron chi connectivity index (χ2n) is 5.09. The molecule has 1 atom stereocenters. The number of carbonyl (C=O) groups excluding carboxylic acids is 1. The van der Waals surface area contributed by atoms with Gasteiger partial charge in [0.1, 0.15) is 0 Å². The maximum absolute atomic E-state index is 12.4. The molecule has 0 bridgehead atoms. The second kappa shape index (κ2) is 7.74. The number of amides is 1. The molecular weight excluding hydrogens is 394 g/mol. The van der Waals surface area contributed by atoms with Crippen molar-refractivity contribution in [1.82, 2.24) is 10.0 Å². The van der Waals surface area contributed by atoms with Crippen LogP contribution in [-0.2, 0) is 14.8 Å². The molecule has 1 amide bonds. The molecule has 1 heterocycles. The highest BCUT2D eigenvalue weighted by molar-refractivity contribution is 9.10. The number of hydrogen-bond donors (Lipinski definition) is 3. The first-order chi connectivity index (χ1) is 9.79. The maximum Gasteiger partial charge on any atom is 0.241 e. The van der Waals surface area contributed by atoms with Crippen molar-refractivity contribution >= 4 is 50.0 Å². The lowest BCUT2D eigenvalue weighted by molar-refractivity contribution is -0.114. The summed E-state index contributed by atoms with van der Waals surface area (Å²) >= 11 is 3.30. The first-order valence-corrected chi connectivity index (χ1v) is 8.88. The molecule has 9 heteroatoms. The van der Waals surface area contributed by atoms with Crippen LogP contribution in [0.3, 0.4) is 0 Å². The molecule has 0 aromatic heterocycles. The van der Waals surface area contributed by atoms with Crippen molar-refractivity contribution in [1.29, 1.82) is 0 Å². The Morgan fingerprint density at radius 2 is 2.09 bits per heavy atom. The lowest BCUT2D eigenvalue weighted by Gasteiger charge is -2.15. The number of carbonyl (C=O) groups is 1. The summed E-state index contributed by atoms with van der Waals surface area (Å²) < 4.78 is 28.1. The van der Waals surface area contributed by atoms with Crippen LogP contribution >= 0.6 is 28.3 Å². The molecule has 0 radical (unpaired) electrons. The van der Waals surface area contributed by atoms with E-state index in [1.807, 2.05) is 0 Å². The van der Waals surface area contributed by atoms with Gasteiger partial charge in [0.05, 0.1) is 10.6 Å². The predicted octanol–water partition coefficient (Wildman–Crippen LogP) is 1.78. The van der Waals surface area contributed by atoms with E-state index in [1.54, 1.807) is 13.0 Å². The highest BCUT2D eigenvalue weighted by Gasteiger charge is 2.24. The van der Waals surface area contributed by atoms with Crippen LogP contribution in [0.25, 0.3) is 0 Å². The number of sulfonamides is 1. The van der Waals surface area contributed by atoms with Crippen LogP contribution in [0.2, 0.25) is 0 Å². The summed E-state index contributed by atoms with van der Waals surface area (Å²) in [5.41, 5.74) is 1.14. The van der Waals surface area contributed by atoms with Gasteiger partial charge in [-0.25, -0.2) is 13.1 Å². The van der Waals surface area contributed by atoms with Gasteiger partial charge in [-0.2, -0.15) is 0 Å². The van der Waals surface area contributed by atoms with E-state index in [4.69, 9.17) is 0 Å². The van der Waals surface area contributed by atoms with Gasteiger partial charge in [0, 0.05) is 24.0 Å². The van der Waals surface area contributed by atoms with Gasteiger partial charge in [-0.05, 0) is 53.5 Å². The van der Waals surface area contributed by atoms with Crippen molar-refractivity contribution in [2.75, 3.05) is 18.4 Å². The zero-order valence-electron chi connectivity index (χ0n) is 12.3. The summed E-state index contributed by atoms with van der Waals surface area (Å²) in [6.07, 6.45) is 0.781. The standard InChI is InChI=1S/C13H18BrN3O3S.ClH/c1-8-5-12(16-9(2)18)11(14)6-13(8)21(19,20)17-10-3-4-15-7-10;/h5-6,10,15,17H,3-4,7H2,1-2H3,(H,16,18);1H. The zero-order chi connectivity index (χ0) is 15.6. The summed E-state index contributed by atoms with van der Waals surface area (Å²) in [7, 11) is -3.57. The van der Waals surface area contributed by atoms with Gasteiger partial charge in [-0.1, -0.05) is 0 Å². The zero-order valence-corrected chi connectivity index (χ0v) is 15.5. The van der Waals surface area contributed by atoms with Crippen LogP contribution in [0.4, 0.5) is 5.69 Å². The molecular formula is C13H19BrClN3O3S. The number of aryl methyl sites for hydroxylation is 1. The van der Waals surface area contributed by atoms with E-state index >= 15 is 0 Å². The van der Waals surface area contributed by atoms with Crippen molar-refractivity contribution in [3.8, 4) is 0 Å². The molecule has 3 N–H and O–H groups in total. The molecule has 0 saturated carbocycles. The van der Waals surface area contributed by atoms with Crippen LogP contribution in [0, 0.1) is 6.92 Å². The lowest BCUT2D eigenvalue weighted by Crippen LogP contribution is -2.36. The number of halogens is 2. The Hall–Kier alpha value is -0.670. The number of rotatable bonds is 4. The summed E-state index contributed by atoms with van der Waals surface area (Å²) in [6.45, 7) is 4.57. The van der Waals surface area contributed by atoms with Gasteiger partial charge >= 0.3 is 0 Å². The molecule has 0 spiro atoms. The molecule has 22 heavy (non-hydrogen) atoms. The molecule has 1 aromatic rings. The minimum atomic E-state index is -3.57. The number of anilines is 1. The third-order valence-corrected chi connectivity index (χ3v) is 5.57. The topological polar surface area (TPSA) is 87.3 Å². The average molecular weight is 413 g/mol. The number of nitrogens with one attached hydrogen (secondary N) is 3. The fraction of sp³-hybridized carbons (Fsp3) is 0.462. The minimum Gasteiger partial charge on any atom is -0.325 e. The average Bonchev–Trinajstić information content (AvgIpc) is 2.84. The van der Waals surface area contributed by atoms with E-state index in [0.29, 0.717) is 22.3 Å². The van der Waals surface area contributed by atoms with Crippen molar-refractivity contribution in [2.24, 2.45) is 0 Å². The highest BCUT2D eigenvalue weighted by atomic mass is 79.9. The quantitative estimate of drug-likeness (QED) is 0.703. The third kappa shape index (κ3) is 4.66. The molecule has 124 valence electrons. The Kier molecular flexibility index (Phi) is 6.82. The summed E-state index contributed by atoms with van der Waals surface area (Å²) in [6, 6.07) is 3.08. The molecule has 1 aliphatic heterocycles. The fourth-order valence-electron chi connectivity index (χ4n) is 2.28. The smallest absolute Gasteiger partial charge is 0.241 e. The highest BCUT2D eigenvalue weighted by Crippen LogP contribution is 2.29. The number of hydrogen-bond acceptors (Lipinski definition) is 4. The predicted molar refractivity (Wildman–Crippen MR) is 92.0 cm³/mol. The first kappa shape index (κ1) is 19.4. The minimum absolute atomic E-state index is 0. The monoisotopic (exact) mass is 411 g/mol. The summed E-state index contributed by atoms with van der Waals surface area (Å²) in [4.78, 5) is 11.3. The van der Waals surface area contributed by atoms with Crippen LogP contribution < -0.4 is 15.4 Å².